The normalized spacial score (nSPS) is 42.2. The van der Waals surface area contributed by atoms with E-state index < -0.39 is 0 Å². The van der Waals surface area contributed by atoms with Crippen LogP contribution in [-0.4, -0.2) is 90.4 Å². The minimum absolute atomic E-state index is 0. The van der Waals surface area contributed by atoms with E-state index in [9.17, 15) is 0 Å². The number of quaternary nitrogens is 1. The van der Waals surface area contributed by atoms with Crippen LogP contribution in [0.4, 0.5) is 0 Å². The van der Waals surface area contributed by atoms with E-state index in [1.165, 1.54) is 76.2 Å². The zero-order valence-corrected chi connectivity index (χ0v) is 14.3. The molecule has 4 aliphatic rings. The lowest BCUT2D eigenvalue weighted by Gasteiger charge is -2.54. The largest absolute Gasteiger partial charge is 1.00 e. The van der Waals surface area contributed by atoms with Gasteiger partial charge in [-0.1, -0.05) is 13.3 Å². The second-order valence-corrected chi connectivity index (χ2v) is 6.68. The summed E-state index contributed by atoms with van der Waals surface area (Å²) in [5, 5.41) is 0. The quantitative estimate of drug-likeness (QED) is 0.389. The van der Waals surface area contributed by atoms with Crippen molar-refractivity contribution in [1.82, 2.24) is 14.7 Å². The number of unbranched alkanes of at least 4 members (excludes halogenated alkanes) is 1. The molecular formula is C14H27IN4. The lowest BCUT2D eigenvalue weighted by atomic mass is 10.1. The second-order valence-electron chi connectivity index (χ2n) is 6.68. The molecule has 4 heterocycles. The van der Waals surface area contributed by atoms with Gasteiger partial charge in [0.25, 0.3) is 0 Å². The van der Waals surface area contributed by atoms with Gasteiger partial charge >= 0.3 is 0 Å². The molecular weight excluding hydrogens is 351 g/mol. The third-order valence-corrected chi connectivity index (χ3v) is 5.92. The summed E-state index contributed by atoms with van der Waals surface area (Å²) in [5.41, 5.74) is 0. The summed E-state index contributed by atoms with van der Waals surface area (Å²) in [5.74, 6) is 0. The molecule has 19 heavy (non-hydrogen) atoms. The minimum Gasteiger partial charge on any atom is -1.00 e. The maximum Gasteiger partial charge on any atom is 0.175 e. The Morgan fingerprint density at radius 2 is 1.47 bits per heavy atom. The van der Waals surface area contributed by atoms with Gasteiger partial charge in [0.15, 0.2) is 6.17 Å². The average molecular weight is 378 g/mol. The summed E-state index contributed by atoms with van der Waals surface area (Å²) >= 11 is 0. The number of hydrogen-bond donors (Lipinski definition) is 0. The van der Waals surface area contributed by atoms with E-state index in [0.29, 0.717) is 0 Å². The smallest absolute Gasteiger partial charge is 0.175 e. The lowest BCUT2D eigenvalue weighted by Crippen LogP contribution is -3.00. The number of rotatable bonds is 3. The van der Waals surface area contributed by atoms with Crippen LogP contribution in [0.25, 0.3) is 0 Å². The molecule has 0 N–H and O–H groups in total. The van der Waals surface area contributed by atoms with Crippen molar-refractivity contribution in [2.24, 2.45) is 0 Å². The molecule has 3 unspecified atom stereocenters. The number of hydrogen-bond acceptors (Lipinski definition) is 3. The SMILES string of the molecule is CCCC[N+]12CCN3CCN4CCN(CC1)C2C43.[I-]. The van der Waals surface area contributed by atoms with E-state index in [0.717, 1.165) is 12.3 Å². The van der Waals surface area contributed by atoms with Gasteiger partial charge in [0.1, 0.15) is 6.17 Å². The molecule has 4 fully saturated rings. The van der Waals surface area contributed by atoms with Crippen molar-refractivity contribution in [2.45, 2.75) is 32.1 Å². The van der Waals surface area contributed by atoms with Crippen LogP contribution in [0.5, 0.6) is 0 Å². The first-order chi connectivity index (χ1) is 8.84. The van der Waals surface area contributed by atoms with Gasteiger partial charge in [-0.3, -0.25) is 9.80 Å². The fourth-order valence-electron chi connectivity index (χ4n) is 4.93. The molecule has 0 radical (unpaired) electrons. The molecule has 0 aliphatic carbocycles. The summed E-state index contributed by atoms with van der Waals surface area (Å²) < 4.78 is 1.42. The first-order valence-corrected chi connectivity index (χ1v) is 7.92. The van der Waals surface area contributed by atoms with Crippen LogP contribution >= 0.6 is 0 Å². The highest BCUT2D eigenvalue weighted by molar-refractivity contribution is 4.97. The van der Waals surface area contributed by atoms with Gasteiger partial charge in [0.2, 0.25) is 0 Å². The summed E-state index contributed by atoms with van der Waals surface area (Å²) in [6.07, 6.45) is 4.33. The number of halogens is 1. The lowest BCUT2D eigenvalue weighted by molar-refractivity contribution is -0.954. The third-order valence-electron chi connectivity index (χ3n) is 5.92. The first kappa shape index (κ1) is 14.5. The molecule has 0 aromatic carbocycles. The van der Waals surface area contributed by atoms with Crippen molar-refractivity contribution in [3.63, 3.8) is 0 Å². The van der Waals surface area contributed by atoms with E-state index in [1.807, 2.05) is 0 Å². The van der Waals surface area contributed by atoms with Gasteiger partial charge in [-0.2, -0.15) is 0 Å². The number of piperazine rings is 2. The summed E-state index contributed by atoms with van der Waals surface area (Å²) in [7, 11) is 0. The van der Waals surface area contributed by atoms with Crippen molar-refractivity contribution in [1.29, 1.82) is 0 Å². The first-order valence-electron chi connectivity index (χ1n) is 7.92. The van der Waals surface area contributed by atoms with E-state index in [1.54, 1.807) is 0 Å². The average Bonchev–Trinajstić information content (AvgIpc) is 2.96. The molecule has 4 nitrogen and oxygen atoms in total. The molecule has 0 aromatic heterocycles. The highest BCUT2D eigenvalue weighted by Crippen LogP contribution is 2.38. The molecule has 0 spiro atoms. The molecule has 4 rings (SSSR count). The zero-order valence-electron chi connectivity index (χ0n) is 12.1. The van der Waals surface area contributed by atoms with Gasteiger partial charge in [-0.25, -0.2) is 4.90 Å². The van der Waals surface area contributed by atoms with E-state index in [4.69, 9.17) is 0 Å². The Hall–Kier alpha value is 0.570. The standard InChI is InChI=1S/C14H27N4.HI/c1-2-3-10-18-11-8-16-5-4-15-6-7-17(9-12-18)14(18)13(15)16;/h13-14H,2-12H2,1H3;1H/q+1;/p-1. The van der Waals surface area contributed by atoms with Gasteiger partial charge in [0.05, 0.1) is 26.2 Å². The number of nitrogens with zero attached hydrogens (tertiary/aromatic N) is 4. The predicted octanol–water partition coefficient (Wildman–Crippen LogP) is -2.78. The second kappa shape index (κ2) is 5.40. The summed E-state index contributed by atoms with van der Waals surface area (Å²) in [4.78, 5) is 8.35. The molecule has 110 valence electrons. The molecule has 3 atom stereocenters. The zero-order chi connectivity index (χ0) is 12.2. The Morgan fingerprint density at radius 3 is 2.16 bits per heavy atom. The van der Waals surface area contributed by atoms with Crippen LogP contribution in [0.1, 0.15) is 19.8 Å². The van der Waals surface area contributed by atoms with Crippen molar-refractivity contribution in [2.75, 3.05) is 58.9 Å². The molecule has 5 heteroatoms. The Labute approximate surface area is 134 Å². The molecule has 0 saturated carbocycles. The molecule has 4 saturated heterocycles. The fraction of sp³-hybridized carbons (Fsp3) is 1.00. The maximum atomic E-state index is 2.81. The van der Waals surface area contributed by atoms with Crippen LogP contribution in [0.3, 0.4) is 0 Å². The van der Waals surface area contributed by atoms with Crippen LogP contribution in [0.2, 0.25) is 0 Å². The van der Waals surface area contributed by atoms with Crippen LogP contribution in [-0.2, 0) is 0 Å². The highest BCUT2D eigenvalue weighted by atomic mass is 127. The third kappa shape index (κ3) is 2.08. The van der Waals surface area contributed by atoms with Crippen molar-refractivity contribution < 1.29 is 28.5 Å². The van der Waals surface area contributed by atoms with Crippen LogP contribution in [0.15, 0.2) is 0 Å². The highest BCUT2D eigenvalue weighted by Gasteiger charge is 2.59. The fourth-order valence-corrected chi connectivity index (χ4v) is 4.93. The van der Waals surface area contributed by atoms with Crippen LogP contribution in [0, 0.1) is 0 Å². The monoisotopic (exact) mass is 378 g/mol. The van der Waals surface area contributed by atoms with E-state index in [-0.39, 0.29) is 24.0 Å². The predicted molar refractivity (Wildman–Crippen MR) is 72.1 cm³/mol. The van der Waals surface area contributed by atoms with Gasteiger partial charge < -0.3 is 28.5 Å². The van der Waals surface area contributed by atoms with Gasteiger partial charge in [-0.05, 0) is 6.42 Å². The summed E-state index contributed by atoms with van der Waals surface area (Å²) in [6, 6.07) is 0. The Morgan fingerprint density at radius 1 is 0.895 bits per heavy atom. The summed E-state index contributed by atoms with van der Waals surface area (Å²) in [6.45, 7) is 14.6. The van der Waals surface area contributed by atoms with E-state index >= 15 is 0 Å². The minimum atomic E-state index is 0. The molecule has 0 bridgehead atoms. The molecule has 0 aromatic rings. The Balaban J connectivity index is 0.00000110. The van der Waals surface area contributed by atoms with Gasteiger partial charge in [-0.15, -0.1) is 0 Å². The van der Waals surface area contributed by atoms with E-state index in [2.05, 4.69) is 21.6 Å². The van der Waals surface area contributed by atoms with Crippen molar-refractivity contribution >= 4 is 0 Å². The Bertz CT molecular complexity index is 333. The molecule has 0 amide bonds. The van der Waals surface area contributed by atoms with Gasteiger partial charge in [0, 0.05) is 32.7 Å². The molecule has 4 aliphatic heterocycles. The van der Waals surface area contributed by atoms with Crippen LogP contribution < -0.4 is 24.0 Å². The Kier molecular flexibility index (Phi) is 4.13. The topological polar surface area (TPSA) is 9.72 Å². The van der Waals surface area contributed by atoms with Crippen molar-refractivity contribution in [3.05, 3.63) is 0 Å². The van der Waals surface area contributed by atoms with Crippen molar-refractivity contribution in [3.8, 4) is 0 Å². The maximum absolute atomic E-state index is 2.81.